The molecule has 138 valence electrons. The molecule has 1 aromatic heterocycles. The number of imidazole rings is 1. The smallest absolute Gasteiger partial charge is 0.225 e. The fraction of sp³-hybridized carbons (Fsp3) is 0.250. The van der Waals surface area contributed by atoms with Gasteiger partial charge in [0.15, 0.2) is 0 Å². The van der Waals surface area contributed by atoms with Crippen molar-refractivity contribution >= 4 is 22.8 Å². The van der Waals surface area contributed by atoms with Gasteiger partial charge in [0.25, 0.3) is 0 Å². The average molecular weight is 366 g/mol. The van der Waals surface area contributed by atoms with Crippen LogP contribution in [-0.4, -0.2) is 33.2 Å². The van der Waals surface area contributed by atoms with E-state index < -0.39 is 11.7 Å². The Morgan fingerprint density at radius 3 is 2.89 bits per heavy atom. The van der Waals surface area contributed by atoms with Gasteiger partial charge in [-0.05, 0) is 17.7 Å². The van der Waals surface area contributed by atoms with Crippen molar-refractivity contribution in [3.05, 3.63) is 65.7 Å². The third kappa shape index (κ3) is 3.53. The molecular formula is C20H19FN4O2. The summed E-state index contributed by atoms with van der Waals surface area (Å²) in [7, 11) is 0. The number of hydrogen-bond donors (Lipinski definition) is 2. The molecule has 1 atom stereocenters. The van der Waals surface area contributed by atoms with E-state index in [4.69, 9.17) is 0 Å². The first-order chi connectivity index (χ1) is 13.1. The lowest BCUT2D eigenvalue weighted by Gasteiger charge is -2.16. The molecule has 0 radical (unpaired) electrons. The summed E-state index contributed by atoms with van der Waals surface area (Å²) >= 11 is 0. The van der Waals surface area contributed by atoms with E-state index in [1.165, 1.54) is 12.4 Å². The van der Waals surface area contributed by atoms with Crippen LogP contribution in [0.5, 0.6) is 0 Å². The number of H-pyrrole nitrogens is 1. The molecule has 3 aromatic rings. The summed E-state index contributed by atoms with van der Waals surface area (Å²) in [5.74, 6) is -1.13. The molecule has 27 heavy (non-hydrogen) atoms. The summed E-state index contributed by atoms with van der Waals surface area (Å²) in [5.41, 5.74) is 2.58. The molecule has 7 heteroatoms. The van der Waals surface area contributed by atoms with E-state index >= 15 is 0 Å². The number of nitrogens with zero attached hydrogens (tertiary/aromatic N) is 2. The molecule has 1 unspecified atom stereocenters. The third-order valence-corrected chi connectivity index (χ3v) is 4.88. The van der Waals surface area contributed by atoms with E-state index in [0.717, 1.165) is 5.56 Å². The van der Waals surface area contributed by atoms with Crippen LogP contribution in [0.15, 0.2) is 48.8 Å². The summed E-state index contributed by atoms with van der Waals surface area (Å²) < 4.78 is 14.1. The largest absolute Gasteiger partial charge is 0.352 e. The first-order valence-corrected chi connectivity index (χ1v) is 8.81. The van der Waals surface area contributed by atoms with E-state index in [9.17, 15) is 14.0 Å². The normalized spacial score (nSPS) is 16.9. The van der Waals surface area contributed by atoms with Gasteiger partial charge in [0.1, 0.15) is 5.82 Å². The van der Waals surface area contributed by atoms with Crippen LogP contribution < -0.4 is 5.32 Å². The first-order valence-electron chi connectivity index (χ1n) is 8.81. The number of likely N-dealkylation sites (tertiary alicyclic amines) is 1. The Morgan fingerprint density at radius 1 is 1.26 bits per heavy atom. The topological polar surface area (TPSA) is 78.1 Å². The third-order valence-electron chi connectivity index (χ3n) is 4.88. The van der Waals surface area contributed by atoms with Gasteiger partial charge in [-0.1, -0.05) is 30.3 Å². The van der Waals surface area contributed by atoms with Crippen LogP contribution in [0.4, 0.5) is 4.39 Å². The number of carbonyl (C=O) groups is 2. The zero-order valence-corrected chi connectivity index (χ0v) is 14.6. The number of amides is 2. The van der Waals surface area contributed by atoms with E-state index in [0.29, 0.717) is 29.7 Å². The highest BCUT2D eigenvalue weighted by Gasteiger charge is 2.34. The van der Waals surface area contributed by atoms with Crippen molar-refractivity contribution in [1.82, 2.24) is 20.2 Å². The summed E-state index contributed by atoms with van der Waals surface area (Å²) in [5, 5.41) is 2.76. The minimum atomic E-state index is -0.428. The van der Waals surface area contributed by atoms with Crippen molar-refractivity contribution < 1.29 is 14.0 Å². The molecule has 2 N–H and O–H groups in total. The minimum Gasteiger partial charge on any atom is -0.352 e. The van der Waals surface area contributed by atoms with Gasteiger partial charge in [0.2, 0.25) is 11.8 Å². The average Bonchev–Trinajstić information content (AvgIpc) is 3.29. The molecule has 2 amide bonds. The Hall–Kier alpha value is -3.22. The zero-order chi connectivity index (χ0) is 18.8. The Kier molecular flexibility index (Phi) is 4.58. The molecular weight excluding hydrogens is 347 g/mol. The highest BCUT2D eigenvalue weighted by molar-refractivity contribution is 5.89. The maximum Gasteiger partial charge on any atom is 0.225 e. The maximum atomic E-state index is 14.1. The van der Waals surface area contributed by atoms with E-state index in [-0.39, 0.29) is 24.8 Å². The van der Waals surface area contributed by atoms with Gasteiger partial charge in [-0.25, -0.2) is 9.37 Å². The number of nitrogens with one attached hydrogen (secondary N) is 2. The molecule has 0 spiro atoms. The fourth-order valence-corrected chi connectivity index (χ4v) is 3.43. The molecule has 1 saturated heterocycles. The lowest BCUT2D eigenvalue weighted by atomic mass is 10.1. The number of benzene rings is 2. The van der Waals surface area contributed by atoms with Crippen molar-refractivity contribution in [3.63, 3.8) is 0 Å². The molecule has 0 saturated carbocycles. The van der Waals surface area contributed by atoms with Gasteiger partial charge < -0.3 is 15.2 Å². The van der Waals surface area contributed by atoms with Crippen LogP contribution in [0.2, 0.25) is 0 Å². The Labute approximate surface area is 155 Å². The van der Waals surface area contributed by atoms with Crippen molar-refractivity contribution in [3.8, 4) is 0 Å². The highest BCUT2D eigenvalue weighted by atomic mass is 19.1. The zero-order valence-electron chi connectivity index (χ0n) is 14.6. The van der Waals surface area contributed by atoms with Crippen LogP contribution in [0.25, 0.3) is 11.0 Å². The first kappa shape index (κ1) is 17.2. The Morgan fingerprint density at radius 2 is 2.07 bits per heavy atom. The lowest BCUT2D eigenvalue weighted by Crippen LogP contribution is -2.32. The number of carbonyl (C=O) groups excluding carboxylic acids is 2. The molecule has 4 rings (SSSR count). The molecule has 0 aliphatic carbocycles. The second-order valence-corrected chi connectivity index (χ2v) is 6.70. The van der Waals surface area contributed by atoms with Gasteiger partial charge in [-0.2, -0.15) is 0 Å². The number of aromatic nitrogens is 2. The van der Waals surface area contributed by atoms with Crippen LogP contribution in [-0.2, 0) is 22.7 Å². The van der Waals surface area contributed by atoms with E-state index in [2.05, 4.69) is 15.3 Å². The summed E-state index contributed by atoms with van der Waals surface area (Å²) in [6.07, 6.45) is 1.67. The maximum absolute atomic E-state index is 14.1. The number of fused-ring (bicyclic) bond motifs is 1. The molecule has 2 heterocycles. The standard InChI is InChI=1S/C20H19FN4O2/c21-16-6-7-17-19(24-12-23-17)15(16)9-22-20(27)14-8-18(26)25(11-14)10-13-4-2-1-3-5-13/h1-7,12,14H,8-11H2,(H,22,27)(H,23,24). The number of aromatic amines is 1. The summed E-state index contributed by atoms with van der Waals surface area (Å²) in [4.78, 5) is 33.5. The molecule has 0 bridgehead atoms. The molecule has 1 aliphatic rings. The SMILES string of the molecule is O=C(NCc1c(F)ccc2[nH]cnc12)C1CC(=O)N(Cc2ccccc2)C1. The van der Waals surface area contributed by atoms with Crippen LogP contribution in [0.1, 0.15) is 17.5 Å². The monoisotopic (exact) mass is 366 g/mol. The Bertz CT molecular complexity index is 986. The quantitative estimate of drug-likeness (QED) is 0.728. The van der Waals surface area contributed by atoms with Gasteiger partial charge in [-0.3, -0.25) is 9.59 Å². The predicted molar refractivity (Wildman–Crippen MR) is 97.9 cm³/mol. The van der Waals surface area contributed by atoms with Crippen molar-refractivity contribution in [2.24, 2.45) is 5.92 Å². The van der Waals surface area contributed by atoms with Crippen molar-refractivity contribution in [2.45, 2.75) is 19.5 Å². The van der Waals surface area contributed by atoms with Crippen molar-refractivity contribution in [1.29, 1.82) is 0 Å². The van der Waals surface area contributed by atoms with E-state index in [1.54, 1.807) is 11.0 Å². The van der Waals surface area contributed by atoms with Gasteiger partial charge in [0, 0.05) is 31.6 Å². The highest BCUT2D eigenvalue weighted by Crippen LogP contribution is 2.22. The van der Waals surface area contributed by atoms with Crippen LogP contribution in [0.3, 0.4) is 0 Å². The Balaban J connectivity index is 1.39. The summed E-state index contributed by atoms with van der Waals surface area (Å²) in [6.45, 7) is 0.898. The lowest BCUT2D eigenvalue weighted by molar-refractivity contribution is -0.129. The molecule has 1 aliphatic heterocycles. The van der Waals surface area contributed by atoms with Gasteiger partial charge in [-0.15, -0.1) is 0 Å². The van der Waals surface area contributed by atoms with Gasteiger partial charge in [0.05, 0.1) is 23.3 Å². The predicted octanol–water partition coefficient (Wildman–Crippen LogP) is 2.37. The van der Waals surface area contributed by atoms with Crippen molar-refractivity contribution in [2.75, 3.05) is 6.54 Å². The second kappa shape index (κ2) is 7.19. The number of rotatable bonds is 5. The van der Waals surface area contributed by atoms with Gasteiger partial charge >= 0.3 is 0 Å². The van der Waals surface area contributed by atoms with Crippen LogP contribution >= 0.6 is 0 Å². The molecule has 1 fully saturated rings. The second-order valence-electron chi connectivity index (χ2n) is 6.70. The molecule has 6 nitrogen and oxygen atoms in total. The fourth-order valence-electron chi connectivity index (χ4n) is 3.43. The van der Waals surface area contributed by atoms with E-state index in [1.807, 2.05) is 30.3 Å². The molecule has 2 aromatic carbocycles. The number of halogens is 1. The number of hydrogen-bond acceptors (Lipinski definition) is 3. The van der Waals surface area contributed by atoms with Crippen LogP contribution in [0, 0.1) is 11.7 Å². The summed E-state index contributed by atoms with van der Waals surface area (Å²) in [6, 6.07) is 12.6. The minimum absolute atomic E-state index is 0.0379.